The van der Waals surface area contributed by atoms with Crippen molar-refractivity contribution < 1.29 is 4.79 Å². The Balaban J connectivity index is 2.18. The Morgan fingerprint density at radius 1 is 1.10 bits per heavy atom. The van der Waals surface area contributed by atoms with E-state index in [1.54, 1.807) is 18.2 Å². The number of hydrogen-bond acceptors (Lipinski definition) is 2. The number of amides is 1. The average molecular weight is 374 g/mol. The van der Waals surface area contributed by atoms with Crippen LogP contribution in [0.1, 0.15) is 5.56 Å². The molecule has 0 radical (unpaired) electrons. The zero-order chi connectivity index (χ0) is 14.4. The summed E-state index contributed by atoms with van der Waals surface area (Å²) >= 11 is 2.20. The van der Waals surface area contributed by atoms with E-state index >= 15 is 0 Å². The molecule has 0 aliphatic carbocycles. The molecule has 0 spiro atoms. The fraction of sp³-hybridized carbons (Fsp3) is 0. The molecule has 3 nitrogen and oxygen atoms in total. The van der Waals surface area contributed by atoms with Gasteiger partial charge in [0.2, 0.25) is 0 Å². The van der Waals surface area contributed by atoms with Crippen LogP contribution in [0.15, 0.2) is 60.2 Å². The van der Waals surface area contributed by atoms with Crippen LogP contribution < -0.4 is 5.32 Å². The Morgan fingerprint density at radius 3 is 2.35 bits per heavy atom. The van der Waals surface area contributed by atoms with Crippen molar-refractivity contribution in [2.45, 2.75) is 0 Å². The molecule has 4 heteroatoms. The SMILES string of the molecule is N#C/C(=C\c1ccc(I)cc1)C(=O)Nc1ccccc1. The third-order valence-corrected chi connectivity index (χ3v) is 3.30. The molecule has 0 aromatic heterocycles. The molecular formula is C16H11IN2O. The number of carbonyl (C=O) groups excluding carboxylic acids is 1. The lowest BCUT2D eigenvalue weighted by atomic mass is 10.1. The van der Waals surface area contributed by atoms with Gasteiger partial charge in [0.1, 0.15) is 11.6 Å². The van der Waals surface area contributed by atoms with Gasteiger partial charge in [-0.25, -0.2) is 0 Å². The van der Waals surface area contributed by atoms with Crippen molar-refractivity contribution in [2.24, 2.45) is 0 Å². The van der Waals surface area contributed by atoms with Crippen molar-refractivity contribution in [3.8, 4) is 6.07 Å². The monoisotopic (exact) mass is 374 g/mol. The van der Waals surface area contributed by atoms with E-state index in [2.05, 4.69) is 27.9 Å². The molecule has 0 saturated carbocycles. The number of benzene rings is 2. The first-order valence-corrected chi connectivity index (χ1v) is 7.00. The van der Waals surface area contributed by atoms with Gasteiger partial charge in [-0.15, -0.1) is 0 Å². The summed E-state index contributed by atoms with van der Waals surface area (Å²) in [7, 11) is 0. The number of hydrogen-bond donors (Lipinski definition) is 1. The van der Waals surface area contributed by atoms with E-state index in [9.17, 15) is 4.79 Å². The number of nitriles is 1. The number of rotatable bonds is 3. The second-order valence-corrected chi connectivity index (χ2v) is 5.29. The molecule has 0 bridgehead atoms. The van der Waals surface area contributed by atoms with Gasteiger partial charge in [-0.05, 0) is 58.5 Å². The molecule has 20 heavy (non-hydrogen) atoms. The Morgan fingerprint density at radius 2 is 1.75 bits per heavy atom. The molecule has 0 heterocycles. The third kappa shape index (κ3) is 3.93. The minimum Gasteiger partial charge on any atom is -0.321 e. The van der Waals surface area contributed by atoms with Crippen LogP contribution in [-0.2, 0) is 4.79 Å². The first-order valence-electron chi connectivity index (χ1n) is 5.93. The van der Waals surface area contributed by atoms with Gasteiger partial charge in [-0.2, -0.15) is 5.26 Å². The van der Waals surface area contributed by atoms with Crippen molar-refractivity contribution in [1.82, 2.24) is 0 Å². The third-order valence-electron chi connectivity index (χ3n) is 2.58. The van der Waals surface area contributed by atoms with E-state index in [-0.39, 0.29) is 5.57 Å². The summed E-state index contributed by atoms with van der Waals surface area (Å²) in [6, 6.07) is 18.6. The molecular weight excluding hydrogens is 363 g/mol. The molecule has 0 saturated heterocycles. The topological polar surface area (TPSA) is 52.9 Å². The number of nitrogens with one attached hydrogen (secondary N) is 1. The lowest BCUT2D eigenvalue weighted by molar-refractivity contribution is -0.112. The molecule has 2 aromatic rings. The second-order valence-electron chi connectivity index (χ2n) is 4.04. The first-order chi connectivity index (χ1) is 9.69. The van der Waals surface area contributed by atoms with Gasteiger partial charge in [-0.3, -0.25) is 4.79 Å². The number of nitrogens with zero attached hydrogens (tertiary/aromatic N) is 1. The van der Waals surface area contributed by atoms with Gasteiger partial charge in [0.25, 0.3) is 5.91 Å². The largest absolute Gasteiger partial charge is 0.321 e. The van der Waals surface area contributed by atoms with Crippen LogP contribution in [0.4, 0.5) is 5.69 Å². The standard InChI is InChI=1S/C16H11IN2O/c17-14-8-6-12(7-9-14)10-13(11-18)16(20)19-15-4-2-1-3-5-15/h1-10H,(H,19,20)/b13-10+. The maximum atomic E-state index is 12.0. The van der Waals surface area contributed by atoms with E-state index in [4.69, 9.17) is 5.26 Å². The summed E-state index contributed by atoms with van der Waals surface area (Å²) in [5.74, 6) is -0.405. The number of carbonyl (C=O) groups is 1. The highest BCUT2D eigenvalue weighted by molar-refractivity contribution is 14.1. The van der Waals surface area contributed by atoms with E-state index in [0.717, 1.165) is 9.13 Å². The van der Waals surface area contributed by atoms with Crippen LogP contribution in [0.2, 0.25) is 0 Å². The van der Waals surface area contributed by atoms with E-state index in [0.29, 0.717) is 5.69 Å². The quantitative estimate of drug-likeness (QED) is 0.504. The summed E-state index contributed by atoms with van der Waals surface area (Å²) in [4.78, 5) is 12.0. The van der Waals surface area contributed by atoms with Crippen molar-refractivity contribution in [1.29, 1.82) is 5.26 Å². The second kappa shape index (κ2) is 6.87. The zero-order valence-electron chi connectivity index (χ0n) is 10.5. The van der Waals surface area contributed by atoms with Crippen molar-refractivity contribution in [3.63, 3.8) is 0 Å². The summed E-state index contributed by atoms with van der Waals surface area (Å²) in [6.07, 6.45) is 1.58. The minimum atomic E-state index is -0.405. The fourth-order valence-corrected chi connectivity index (χ4v) is 1.95. The number of anilines is 1. The van der Waals surface area contributed by atoms with Gasteiger partial charge in [0.15, 0.2) is 0 Å². The van der Waals surface area contributed by atoms with Gasteiger partial charge in [0, 0.05) is 9.26 Å². The highest BCUT2D eigenvalue weighted by Crippen LogP contribution is 2.12. The zero-order valence-corrected chi connectivity index (χ0v) is 12.7. The van der Waals surface area contributed by atoms with E-state index in [1.807, 2.05) is 48.5 Å². The predicted molar refractivity (Wildman–Crippen MR) is 87.8 cm³/mol. The Kier molecular flexibility index (Phi) is 4.91. The smallest absolute Gasteiger partial charge is 0.266 e. The summed E-state index contributed by atoms with van der Waals surface area (Å²) in [6.45, 7) is 0. The van der Waals surface area contributed by atoms with Crippen LogP contribution in [0.25, 0.3) is 6.08 Å². The van der Waals surface area contributed by atoms with Crippen LogP contribution in [0.3, 0.4) is 0 Å². The summed E-state index contributed by atoms with van der Waals surface area (Å²) < 4.78 is 1.10. The lowest BCUT2D eigenvalue weighted by Gasteiger charge is -2.03. The van der Waals surface area contributed by atoms with Gasteiger partial charge in [-0.1, -0.05) is 30.3 Å². The predicted octanol–water partition coefficient (Wildman–Crippen LogP) is 3.84. The highest BCUT2D eigenvalue weighted by Gasteiger charge is 2.09. The first kappa shape index (κ1) is 14.3. The molecule has 0 unspecified atom stereocenters. The Bertz CT molecular complexity index is 670. The fourth-order valence-electron chi connectivity index (χ4n) is 1.59. The summed E-state index contributed by atoms with van der Waals surface area (Å²) in [5.41, 5.74) is 1.57. The average Bonchev–Trinajstić information content (AvgIpc) is 2.47. The maximum Gasteiger partial charge on any atom is 0.266 e. The molecule has 2 aromatic carbocycles. The summed E-state index contributed by atoms with van der Waals surface area (Å²) in [5, 5.41) is 11.8. The Hall–Kier alpha value is -2.13. The van der Waals surface area contributed by atoms with E-state index in [1.165, 1.54) is 0 Å². The molecule has 1 N–H and O–H groups in total. The van der Waals surface area contributed by atoms with Gasteiger partial charge < -0.3 is 5.32 Å². The number of halogens is 1. The van der Waals surface area contributed by atoms with Crippen molar-refractivity contribution in [3.05, 3.63) is 69.3 Å². The molecule has 0 fully saturated rings. The van der Waals surface area contributed by atoms with Crippen LogP contribution in [0, 0.1) is 14.9 Å². The normalized spacial score (nSPS) is 10.7. The van der Waals surface area contributed by atoms with Crippen molar-refractivity contribution in [2.75, 3.05) is 5.32 Å². The molecule has 0 aliphatic rings. The lowest BCUT2D eigenvalue weighted by Crippen LogP contribution is -2.13. The van der Waals surface area contributed by atoms with Crippen molar-refractivity contribution >= 4 is 40.3 Å². The Labute approximate surface area is 131 Å². The minimum absolute atomic E-state index is 0.0788. The van der Waals surface area contributed by atoms with Crippen LogP contribution in [0.5, 0.6) is 0 Å². The molecule has 0 atom stereocenters. The maximum absolute atomic E-state index is 12.0. The van der Waals surface area contributed by atoms with Gasteiger partial charge in [0.05, 0.1) is 0 Å². The molecule has 1 amide bonds. The van der Waals surface area contributed by atoms with Crippen LogP contribution >= 0.6 is 22.6 Å². The molecule has 2 rings (SSSR count). The van der Waals surface area contributed by atoms with Crippen LogP contribution in [-0.4, -0.2) is 5.91 Å². The number of para-hydroxylation sites is 1. The molecule has 0 aliphatic heterocycles. The highest BCUT2D eigenvalue weighted by atomic mass is 127. The van der Waals surface area contributed by atoms with E-state index < -0.39 is 5.91 Å². The molecule has 98 valence electrons. The van der Waals surface area contributed by atoms with Gasteiger partial charge >= 0.3 is 0 Å².